The van der Waals surface area contributed by atoms with Gasteiger partial charge in [0.15, 0.2) is 0 Å². The van der Waals surface area contributed by atoms with Crippen LogP contribution in [0.3, 0.4) is 0 Å². The minimum atomic E-state index is -0.115. The summed E-state index contributed by atoms with van der Waals surface area (Å²) in [6, 6.07) is 11.7. The van der Waals surface area contributed by atoms with Crippen LogP contribution in [0.1, 0.15) is 47.8 Å². The van der Waals surface area contributed by atoms with Gasteiger partial charge in [-0.15, -0.1) is 0 Å². The van der Waals surface area contributed by atoms with Crippen LogP contribution in [0.25, 0.3) is 0 Å². The summed E-state index contributed by atoms with van der Waals surface area (Å²) in [6.45, 7) is 10.4. The van der Waals surface area contributed by atoms with Crippen LogP contribution < -0.4 is 10.1 Å². The number of hydrogen-bond acceptors (Lipinski definition) is 2. The second-order valence-corrected chi connectivity index (χ2v) is 6.87. The van der Waals surface area contributed by atoms with E-state index in [1.807, 2.05) is 50.2 Å². The first-order valence-corrected chi connectivity index (χ1v) is 7.80. The Hall–Kier alpha value is -2.29. The van der Waals surface area contributed by atoms with E-state index < -0.39 is 0 Å². The first-order valence-electron chi connectivity index (χ1n) is 7.80. The summed E-state index contributed by atoms with van der Waals surface area (Å²) >= 11 is 0. The molecule has 0 saturated carbocycles. The van der Waals surface area contributed by atoms with Crippen LogP contribution in [0.15, 0.2) is 36.4 Å². The van der Waals surface area contributed by atoms with Gasteiger partial charge in [0.1, 0.15) is 5.75 Å². The van der Waals surface area contributed by atoms with E-state index in [1.54, 1.807) is 7.11 Å². The lowest BCUT2D eigenvalue weighted by Crippen LogP contribution is -2.16. The minimum absolute atomic E-state index is 0.00496. The summed E-state index contributed by atoms with van der Waals surface area (Å²) in [5.41, 5.74) is 4.64. The SMILES string of the molecule is COc1ccc(C(C)(C)C)cc1NC(=O)c1cccc(C)c1C. The maximum absolute atomic E-state index is 12.6. The molecule has 2 aromatic carbocycles. The lowest BCUT2D eigenvalue weighted by atomic mass is 9.87. The van der Waals surface area contributed by atoms with Crippen molar-refractivity contribution in [3.63, 3.8) is 0 Å². The van der Waals surface area contributed by atoms with Gasteiger partial charge in [0.25, 0.3) is 5.91 Å². The van der Waals surface area contributed by atoms with E-state index in [1.165, 1.54) is 0 Å². The molecule has 0 aliphatic carbocycles. The van der Waals surface area contributed by atoms with Crippen LogP contribution >= 0.6 is 0 Å². The molecule has 0 aromatic heterocycles. The van der Waals surface area contributed by atoms with Crippen molar-refractivity contribution in [1.82, 2.24) is 0 Å². The zero-order chi connectivity index (χ0) is 17.2. The predicted molar refractivity (Wildman–Crippen MR) is 95.6 cm³/mol. The highest BCUT2D eigenvalue weighted by Gasteiger charge is 2.18. The first-order chi connectivity index (χ1) is 10.7. The number of aryl methyl sites for hydroxylation is 1. The lowest BCUT2D eigenvalue weighted by molar-refractivity contribution is 0.102. The van der Waals surface area contributed by atoms with Crippen molar-refractivity contribution in [2.24, 2.45) is 0 Å². The molecule has 0 aliphatic rings. The highest BCUT2D eigenvalue weighted by molar-refractivity contribution is 6.06. The Kier molecular flexibility index (Phi) is 4.79. The summed E-state index contributed by atoms with van der Waals surface area (Å²) in [4.78, 5) is 12.6. The fraction of sp³-hybridized carbons (Fsp3) is 0.350. The van der Waals surface area contributed by atoms with Crippen LogP contribution in [0.5, 0.6) is 5.75 Å². The van der Waals surface area contributed by atoms with E-state index in [2.05, 4.69) is 26.1 Å². The van der Waals surface area contributed by atoms with Crippen molar-refractivity contribution in [2.75, 3.05) is 12.4 Å². The van der Waals surface area contributed by atoms with Gasteiger partial charge in [-0.2, -0.15) is 0 Å². The number of nitrogens with one attached hydrogen (secondary N) is 1. The van der Waals surface area contributed by atoms with Gasteiger partial charge in [-0.3, -0.25) is 4.79 Å². The minimum Gasteiger partial charge on any atom is -0.495 e. The number of benzene rings is 2. The van der Waals surface area contributed by atoms with Crippen LogP contribution in [-0.2, 0) is 5.41 Å². The van der Waals surface area contributed by atoms with Crippen LogP contribution in [0.2, 0.25) is 0 Å². The van der Waals surface area contributed by atoms with Gasteiger partial charge >= 0.3 is 0 Å². The van der Waals surface area contributed by atoms with E-state index in [9.17, 15) is 4.79 Å². The predicted octanol–water partition coefficient (Wildman–Crippen LogP) is 4.86. The molecule has 0 unspecified atom stereocenters. The Labute approximate surface area is 138 Å². The topological polar surface area (TPSA) is 38.3 Å². The van der Waals surface area contributed by atoms with E-state index >= 15 is 0 Å². The lowest BCUT2D eigenvalue weighted by Gasteiger charge is -2.21. The van der Waals surface area contributed by atoms with Gasteiger partial charge in [-0.1, -0.05) is 39.0 Å². The van der Waals surface area contributed by atoms with Gasteiger partial charge in [0.2, 0.25) is 0 Å². The third-order valence-corrected chi connectivity index (χ3v) is 4.16. The van der Waals surface area contributed by atoms with Crippen molar-refractivity contribution in [3.8, 4) is 5.75 Å². The highest BCUT2D eigenvalue weighted by atomic mass is 16.5. The van der Waals surface area contributed by atoms with Crippen molar-refractivity contribution in [1.29, 1.82) is 0 Å². The third-order valence-electron chi connectivity index (χ3n) is 4.16. The van der Waals surface area contributed by atoms with E-state index in [-0.39, 0.29) is 11.3 Å². The third kappa shape index (κ3) is 3.73. The van der Waals surface area contributed by atoms with Gasteiger partial charge in [-0.25, -0.2) is 0 Å². The summed E-state index contributed by atoms with van der Waals surface area (Å²) < 4.78 is 5.39. The Morgan fingerprint density at radius 3 is 2.39 bits per heavy atom. The summed E-state index contributed by atoms with van der Waals surface area (Å²) in [7, 11) is 1.61. The molecule has 0 radical (unpaired) electrons. The maximum Gasteiger partial charge on any atom is 0.256 e. The summed E-state index contributed by atoms with van der Waals surface area (Å²) in [5.74, 6) is 0.548. The molecule has 3 nitrogen and oxygen atoms in total. The zero-order valence-electron chi connectivity index (χ0n) is 14.8. The van der Waals surface area contributed by atoms with E-state index in [0.29, 0.717) is 17.0 Å². The smallest absolute Gasteiger partial charge is 0.256 e. The number of carbonyl (C=O) groups excluding carboxylic acids is 1. The number of rotatable bonds is 3. The second kappa shape index (κ2) is 6.45. The summed E-state index contributed by atoms with van der Waals surface area (Å²) in [5, 5.41) is 2.99. The van der Waals surface area contributed by atoms with Crippen LogP contribution in [0, 0.1) is 13.8 Å². The molecule has 122 valence electrons. The zero-order valence-corrected chi connectivity index (χ0v) is 14.8. The molecule has 0 atom stereocenters. The molecule has 3 heteroatoms. The molecule has 0 fully saturated rings. The molecule has 23 heavy (non-hydrogen) atoms. The molecule has 0 heterocycles. The Morgan fingerprint density at radius 1 is 1.09 bits per heavy atom. The number of hydrogen-bond donors (Lipinski definition) is 1. The van der Waals surface area contributed by atoms with E-state index in [0.717, 1.165) is 16.7 Å². The fourth-order valence-corrected chi connectivity index (χ4v) is 2.46. The average molecular weight is 311 g/mol. The van der Waals surface area contributed by atoms with Crippen LogP contribution in [-0.4, -0.2) is 13.0 Å². The monoisotopic (exact) mass is 311 g/mol. The molecule has 0 aliphatic heterocycles. The number of carbonyl (C=O) groups is 1. The molecule has 0 saturated heterocycles. The molecule has 1 N–H and O–H groups in total. The maximum atomic E-state index is 12.6. The normalized spacial score (nSPS) is 11.2. The first kappa shape index (κ1) is 17.1. The Balaban J connectivity index is 2.38. The standard InChI is InChI=1S/C20H25NO2/c1-13-8-7-9-16(14(13)2)19(22)21-17-12-15(20(3,4)5)10-11-18(17)23-6/h7-12H,1-6H3,(H,21,22). The fourth-order valence-electron chi connectivity index (χ4n) is 2.46. The molecule has 2 rings (SSSR count). The van der Waals surface area contributed by atoms with Crippen molar-refractivity contribution < 1.29 is 9.53 Å². The quantitative estimate of drug-likeness (QED) is 0.879. The summed E-state index contributed by atoms with van der Waals surface area (Å²) in [6.07, 6.45) is 0. The number of ether oxygens (including phenoxy) is 1. The van der Waals surface area contributed by atoms with Crippen LogP contribution in [0.4, 0.5) is 5.69 Å². The number of anilines is 1. The molecular weight excluding hydrogens is 286 g/mol. The van der Waals surface area contributed by atoms with Crippen molar-refractivity contribution in [3.05, 3.63) is 58.7 Å². The highest BCUT2D eigenvalue weighted by Crippen LogP contribution is 2.32. The van der Waals surface area contributed by atoms with Gasteiger partial charge in [0.05, 0.1) is 12.8 Å². The molecular formula is C20H25NO2. The number of methoxy groups -OCH3 is 1. The van der Waals surface area contributed by atoms with Crippen molar-refractivity contribution in [2.45, 2.75) is 40.0 Å². The van der Waals surface area contributed by atoms with E-state index in [4.69, 9.17) is 4.74 Å². The number of amides is 1. The molecule has 2 aromatic rings. The van der Waals surface area contributed by atoms with Crippen molar-refractivity contribution >= 4 is 11.6 Å². The largest absolute Gasteiger partial charge is 0.495 e. The molecule has 0 spiro atoms. The van der Waals surface area contributed by atoms with Gasteiger partial charge in [-0.05, 0) is 54.2 Å². The molecule has 1 amide bonds. The second-order valence-electron chi connectivity index (χ2n) is 6.87. The Morgan fingerprint density at radius 2 is 1.78 bits per heavy atom. The Bertz CT molecular complexity index is 727. The molecule has 0 bridgehead atoms. The van der Waals surface area contributed by atoms with Gasteiger partial charge in [0, 0.05) is 5.56 Å². The average Bonchev–Trinajstić information content (AvgIpc) is 2.49. The van der Waals surface area contributed by atoms with Gasteiger partial charge < -0.3 is 10.1 Å².